The molecule has 0 aromatic heterocycles. The molecule has 84 heavy (non-hydrogen) atoms. The van der Waals surface area contributed by atoms with E-state index in [0.717, 1.165) is 50.1 Å². The molecule has 2 aliphatic rings. The average Bonchev–Trinajstić information content (AvgIpc) is 4.28. The number of esters is 1. The van der Waals surface area contributed by atoms with Gasteiger partial charge in [-0.05, 0) is 109 Å². The van der Waals surface area contributed by atoms with E-state index in [1.54, 1.807) is 23.6 Å². The molecule has 2 fully saturated rings. The zero-order valence-electron chi connectivity index (χ0n) is 48.0. The molecular weight excluding hydrogens is 1070 g/mol. The number of carbonyl (C=O) groups is 5. The maximum atomic E-state index is 14.4. The number of amides is 4. The summed E-state index contributed by atoms with van der Waals surface area (Å²) >= 11 is 0. The van der Waals surface area contributed by atoms with Gasteiger partial charge in [0.1, 0.15) is 18.7 Å². The Morgan fingerprint density at radius 1 is 0.500 bits per heavy atom. The molecule has 2 saturated heterocycles. The number of hydrogen-bond acceptors (Lipinski definition) is 9. The van der Waals surface area contributed by atoms with Crippen molar-refractivity contribution in [1.82, 2.24) is 20.4 Å². The number of aryl methyl sites for hydroxylation is 2. The lowest BCUT2D eigenvalue weighted by Crippen LogP contribution is -2.51. The molecule has 13 nitrogen and oxygen atoms in total. The van der Waals surface area contributed by atoms with Crippen LogP contribution in [0.5, 0.6) is 0 Å². The van der Waals surface area contributed by atoms with Crippen molar-refractivity contribution in [1.29, 1.82) is 10.8 Å². The summed E-state index contributed by atoms with van der Waals surface area (Å²) in [6.45, 7) is 5.30. The fourth-order valence-corrected chi connectivity index (χ4v) is 11.0. The van der Waals surface area contributed by atoms with E-state index in [0.29, 0.717) is 82.5 Å². The maximum Gasteiger partial charge on any atom is 0.306 e. The van der Waals surface area contributed by atoms with Gasteiger partial charge in [-0.1, -0.05) is 200 Å². The van der Waals surface area contributed by atoms with Crippen LogP contribution in [0.4, 0.5) is 0 Å². The minimum atomic E-state index is -0.660. The topological polar surface area (TPSA) is 199 Å². The summed E-state index contributed by atoms with van der Waals surface area (Å²) in [5.74, 6) is -1.29. The van der Waals surface area contributed by atoms with Crippen LogP contribution in [-0.2, 0) is 61.2 Å². The second kappa shape index (κ2) is 31.8. The number of carbonyl (C=O) groups excluding carboxylic acids is 5. The fraction of sp³-hybridized carbons (Fsp3) is 0.300. The third-order valence-electron chi connectivity index (χ3n) is 15.8. The normalized spacial score (nSPS) is 16.8. The molecule has 0 bridgehead atoms. The molecule has 9 rings (SSSR count). The van der Waals surface area contributed by atoms with E-state index in [1.165, 1.54) is 0 Å². The van der Waals surface area contributed by atoms with Gasteiger partial charge in [0.05, 0.1) is 6.04 Å². The first-order valence-corrected chi connectivity index (χ1v) is 28.9. The maximum absolute atomic E-state index is 14.4. The number of nitrogens with two attached hydrogens (primary N) is 1. The summed E-state index contributed by atoms with van der Waals surface area (Å²) in [6, 6.07) is 63.0. The molecule has 0 radical (unpaired) electrons. The minimum Gasteiger partial charge on any atom is -0.461 e. The van der Waals surface area contributed by atoms with Gasteiger partial charge < -0.3 is 41.7 Å². The molecule has 0 spiro atoms. The number of hydrogen-bond donors (Lipinski definition) is 5. The molecular formula is C70H78ClN7O6. The van der Waals surface area contributed by atoms with E-state index < -0.39 is 24.0 Å². The van der Waals surface area contributed by atoms with Crippen LogP contribution in [-0.4, -0.2) is 82.0 Å². The first-order valence-electron chi connectivity index (χ1n) is 28.9. The van der Waals surface area contributed by atoms with Crippen LogP contribution in [0.15, 0.2) is 200 Å². The first-order chi connectivity index (χ1) is 40.3. The van der Waals surface area contributed by atoms with Gasteiger partial charge in [-0.2, -0.15) is 0 Å². The van der Waals surface area contributed by atoms with Gasteiger partial charge >= 0.3 is 5.97 Å². The van der Waals surface area contributed by atoms with Crippen molar-refractivity contribution in [2.45, 2.75) is 115 Å². The van der Waals surface area contributed by atoms with Gasteiger partial charge in [0.2, 0.25) is 23.6 Å². The summed E-state index contributed by atoms with van der Waals surface area (Å²) in [6.07, 6.45) is 4.06. The lowest BCUT2D eigenvalue weighted by Gasteiger charge is -2.28. The number of halogens is 1. The van der Waals surface area contributed by atoms with E-state index in [-0.39, 0.29) is 66.9 Å². The highest BCUT2D eigenvalue weighted by Gasteiger charge is 2.43. The number of nitrogens with zero attached hydrogens (tertiary/aromatic N) is 2. The molecule has 6 N–H and O–H groups in total. The second-order valence-electron chi connectivity index (χ2n) is 21.8. The fourth-order valence-electron chi connectivity index (χ4n) is 11.0. The smallest absolute Gasteiger partial charge is 0.306 e. The molecule has 436 valence electrons. The van der Waals surface area contributed by atoms with Crippen LogP contribution in [0.2, 0.25) is 0 Å². The summed E-state index contributed by atoms with van der Waals surface area (Å²) in [5.41, 5.74) is 16.3. The van der Waals surface area contributed by atoms with E-state index in [2.05, 4.69) is 34.9 Å². The Balaban J connectivity index is 0.000000246. The van der Waals surface area contributed by atoms with Crippen LogP contribution in [0.1, 0.15) is 114 Å². The third-order valence-corrected chi connectivity index (χ3v) is 15.8. The molecule has 2 heterocycles. The highest BCUT2D eigenvalue weighted by molar-refractivity contribution is 5.97. The Hall–Kier alpha value is -8.52. The van der Waals surface area contributed by atoms with Crippen LogP contribution in [0, 0.1) is 16.7 Å². The van der Waals surface area contributed by atoms with Gasteiger partial charge in [-0.15, -0.1) is 12.4 Å². The van der Waals surface area contributed by atoms with Gasteiger partial charge in [-0.3, -0.25) is 24.0 Å². The Labute approximate surface area is 500 Å². The van der Waals surface area contributed by atoms with E-state index >= 15 is 0 Å². The number of rotatable bonds is 23. The van der Waals surface area contributed by atoms with Crippen LogP contribution < -0.4 is 16.4 Å². The average molecular weight is 1150 g/mol. The molecule has 2 aliphatic heterocycles. The Kier molecular flexibility index (Phi) is 23.9. The SMILES string of the molecule is CC(=N)c1ccc(CNC(=O)[C@@H]2C[C@H](c3ccccc3)CN2C(=O)[C@H](CCC(=O)OCc2ccccc2)CCc2ccccc2)cc1.CC(=N)c1ccc(CNC(=O)[C@@H]2C[C@H](c3ccccc3)CN2C(=O)[C@H](N)CCc2ccccc2)cc1.Cl. The van der Waals surface area contributed by atoms with Gasteiger partial charge in [0.25, 0.3) is 0 Å². The molecule has 7 aromatic carbocycles. The van der Waals surface area contributed by atoms with E-state index in [4.69, 9.17) is 21.3 Å². The Morgan fingerprint density at radius 3 is 1.30 bits per heavy atom. The molecule has 7 aromatic rings. The molecule has 0 aliphatic carbocycles. The Morgan fingerprint density at radius 2 is 0.881 bits per heavy atom. The van der Waals surface area contributed by atoms with Crippen molar-refractivity contribution in [3.05, 3.63) is 250 Å². The largest absolute Gasteiger partial charge is 0.461 e. The quantitative estimate of drug-likeness (QED) is 0.0310. The first kappa shape index (κ1) is 63.1. The predicted octanol–water partition coefficient (Wildman–Crippen LogP) is 11.3. The summed E-state index contributed by atoms with van der Waals surface area (Å²) < 4.78 is 5.54. The van der Waals surface area contributed by atoms with Crippen molar-refractivity contribution in [3.63, 3.8) is 0 Å². The number of ether oxygens (including phenoxy) is 1. The molecule has 6 atom stereocenters. The summed E-state index contributed by atoms with van der Waals surface area (Å²) in [7, 11) is 0. The van der Waals surface area contributed by atoms with Crippen LogP contribution in [0.25, 0.3) is 0 Å². The van der Waals surface area contributed by atoms with Gasteiger partial charge in [-0.25, -0.2) is 0 Å². The van der Waals surface area contributed by atoms with Gasteiger partial charge in [0, 0.05) is 61.8 Å². The molecule has 14 heteroatoms. The van der Waals surface area contributed by atoms with Crippen molar-refractivity contribution in [2.24, 2.45) is 11.7 Å². The number of nitrogens with one attached hydrogen (secondary N) is 4. The summed E-state index contributed by atoms with van der Waals surface area (Å²) in [5, 5.41) is 21.7. The van der Waals surface area contributed by atoms with Gasteiger partial charge in [0.15, 0.2) is 0 Å². The van der Waals surface area contributed by atoms with Crippen molar-refractivity contribution >= 4 is 53.4 Å². The van der Waals surface area contributed by atoms with Crippen molar-refractivity contribution in [3.8, 4) is 0 Å². The third kappa shape index (κ3) is 18.2. The zero-order chi connectivity index (χ0) is 58.5. The summed E-state index contributed by atoms with van der Waals surface area (Å²) in [4.78, 5) is 71.1. The van der Waals surface area contributed by atoms with Crippen LogP contribution in [0.3, 0.4) is 0 Å². The second-order valence-corrected chi connectivity index (χ2v) is 21.8. The molecule has 4 amide bonds. The van der Waals surface area contributed by atoms with Crippen molar-refractivity contribution in [2.75, 3.05) is 13.1 Å². The molecule has 0 unspecified atom stereocenters. The number of benzene rings is 7. The van der Waals surface area contributed by atoms with E-state index in [9.17, 15) is 24.0 Å². The highest BCUT2D eigenvalue weighted by Crippen LogP contribution is 2.35. The van der Waals surface area contributed by atoms with Crippen molar-refractivity contribution < 1.29 is 28.7 Å². The standard InChI is InChI=1S/C40H43N3O4.C30H34N4O2.ClH/c1-29(41)33-20-18-31(19-21-33)26-42-39(45)37-25-36(34-15-9-4-10-16-34)27-43(37)40(46)35(22-17-30-11-5-2-6-12-30)23-24-38(44)47-28-32-13-7-3-8-14-32;1-21(31)24-15-12-23(13-16-24)19-33-29(35)28-18-26(25-10-6-3-7-11-25)20-34(28)30(36)27(32)17-14-22-8-4-2-5-9-22;/h2-16,18-21,35-37,41H,17,22-28H2,1H3,(H,42,45);2-13,15-16,26-28,31H,14,17-20,32H2,1H3,(H,33,35);1H/t35-,36-,37-;26-,27+,28-;/m00./s1. The minimum absolute atomic E-state index is 0. The lowest BCUT2D eigenvalue weighted by molar-refractivity contribution is -0.146. The van der Waals surface area contributed by atoms with E-state index in [1.807, 2.05) is 176 Å². The number of likely N-dealkylation sites (tertiary alicyclic amines) is 2. The highest BCUT2D eigenvalue weighted by atomic mass is 35.5. The monoisotopic (exact) mass is 1150 g/mol. The van der Waals surface area contributed by atoms with Crippen LogP contribution >= 0.6 is 12.4 Å². The lowest BCUT2D eigenvalue weighted by atomic mass is 9.93. The Bertz CT molecular complexity index is 3240. The zero-order valence-corrected chi connectivity index (χ0v) is 48.9. The predicted molar refractivity (Wildman–Crippen MR) is 334 cm³/mol. The molecule has 0 saturated carbocycles.